The number of ether oxygens (including phenoxy) is 1. The fraction of sp³-hybridized carbons (Fsp3) is 0.630. The van der Waals surface area contributed by atoms with Gasteiger partial charge in [-0.3, -0.25) is 0 Å². The zero-order valence-electron chi connectivity index (χ0n) is 18.0. The maximum Gasteiger partial charge on any atom is 0.119 e. The fourth-order valence-electron chi connectivity index (χ4n) is 5.00. The van der Waals surface area contributed by atoms with Gasteiger partial charge in [0.25, 0.3) is 0 Å². The van der Waals surface area contributed by atoms with Crippen molar-refractivity contribution in [3.8, 4) is 17.6 Å². The van der Waals surface area contributed by atoms with Crippen LogP contribution in [0.5, 0.6) is 5.75 Å². The molecule has 2 aliphatic carbocycles. The largest absolute Gasteiger partial charge is 0.494 e. The molecule has 2 saturated carbocycles. The summed E-state index contributed by atoms with van der Waals surface area (Å²) in [6.45, 7) is 5.08. The molecule has 28 heavy (non-hydrogen) atoms. The van der Waals surface area contributed by atoms with Crippen LogP contribution in [0.3, 0.4) is 0 Å². The predicted molar refractivity (Wildman–Crippen MR) is 120 cm³/mol. The van der Waals surface area contributed by atoms with E-state index in [4.69, 9.17) is 4.74 Å². The Balaban J connectivity index is 1.39. The molecule has 1 nitrogen and oxygen atoms in total. The lowest BCUT2D eigenvalue weighted by Gasteiger charge is -2.26. The zero-order chi connectivity index (χ0) is 19.6. The highest BCUT2D eigenvalue weighted by molar-refractivity contribution is 5.30. The van der Waals surface area contributed by atoms with E-state index in [0.29, 0.717) is 11.8 Å². The summed E-state index contributed by atoms with van der Waals surface area (Å²) in [7, 11) is 0. The molecule has 2 aliphatic rings. The summed E-state index contributed by atoms with van der Waals surface area (Å²) in [5.41, 5.74) is 1.47. The van der Waals surface area contributed by atoms with Crippen molar-refractivity contribution in [3.63, 3.8) is 0 Å². The van der Waals surface area contributed by atoms with Gasteiger partial charge in [0.15, 0.2) is 0 Å². The van der Waals surface area contributed by atoms with Gasteiger partial charge in [-0.15, -0.1) is 0 Å². The Hall–Kier alpha value is -1.68. The molecule has 0 heterocycles. The Kier molecular flexibility index (Phi) is 8.53. The van der Waals surface area contributed by atoms with E-state index < -0.39 is 0 Å². The van der Waals surface area contributed by atoms with Crippen LogP contribution in [0.1, 0.15) is 89.5 Å². The first-order valence-corrected chi connectivity index (χ1v) is 11.7. The average Bonchev–Trinajstić information content (AvgIpc) is 2.74. The second-order valence-electron chi connectivity index (χ2n) is 8.77. The molecule has 0 N–H and O–H groups in total. The monoisotopic (exact) mass is 378 g/mol. The Morgan fingerprint density at radius 2 is 1.64 bits per heavy atom. The van der Waals surface area contributed by atoms with Crippen LogP contribution in [0.2, 0.25) is 0 Å². The molecule has 2 fully saturated rings. The van der Waals surface area contributed by atoms with E-state index in [-0.39, 0.29) is 0 Å². The van der Waals surface area contributed by atoms with Gasteiger partial charge in [-0.05, 0) is 99.8 Å². The molecule has 0 radical (unpaired) electrons. The Labute approximate surface area is 173 Å². The SMILES string of the molecule is CCCC1CCC(/C=C/C#CC2CCC(c3ccc(OCC)cc3)CC2)CC1. The third-order valence-corrected chi connectivity index (χ3v) is 6.72. The summed E-state index contributed by atoms with van der Waals surface area (Å²) >= 11 is 0. The van der Waals surface area contributed by atoms with Crippen molar-refractivity contribution in [1.29, 1.82) is 0 Å². The highest BCUT2D eigenvalue weighted by Crippen LogP contribution is 2.36. The number of hydrogen-bond acceptors (Lipinski definition) is 1. The van der Waals surface area contributed by atoms with Crippen molar-refractivity contribution >= 4 is 0 Å². The van der Waals surface area contributed by atoms with E-state index in [1.165, 1.54) is 69.8 Å². The highest BCUT2D eigenvalue weighted by atomic mass is 16.5. The van der Waals surface area contributed by atoms with Crippen molar-refractivity contribution in [2.45, 2.75) is 84.0 Å². The van der Waals surface area contributed by atoms with Crippen LogP contribution in [-0.2, 0) is 0 Å². The minimum Gasteiger partial charge on any atom is -0.494 e. The van der Waals surface area contributed by atoms with E-state index in [0.717, 1.165) is 24.2 Å². The lowest BCUT2D eigenvalue weighted by Crippen LogP contribution is -2.12. The van der Waals surface area contributed by atoms with Gasteiger partial charge in [-0.2, -0.15) is 0 Å². The summed E-state index contributed by atoms with van der Waals surface area (Å²) < 4.78 is 5.56. The molecule has 0 aliphatic heterocycles. The molecule has 1 aromatic rings. The molecule has 3 rings (SSSR count). The highest BCUT2D eigenvalue weighted by Gasteiger charge is 2.21. The quantitative estimate of drug-likeness (QED) is 0.465. The van der Waals surface area contributed by atoms with Gasteiger partial charge in [0.2, 0.25) is 0 Å². The molecule has 0 amide bonds. The van der Waals surface area contributed by atoms with Gasteiger partial charge in [0.05, 0.1) is 6.61 Å². The summed E-state index contributed by atoms with van der Waals surface area (Å²) in [6.07, 6.45) is 17.9. The third-order valence-electron chi connectivity index (χ3n) is 6.72. The van der Waals surface area contributed by atoms with Gasteiger partial charge in [0, 0.05) is 5.92 Å². The van der Waals surface area contributed by atoms with Crippen LogP contribution in [0.4, 0.5) is 0 Å². The first-order valence-electron chi connectivity index (χ1n) is 11.7. The molecular weight excluding hydrogens is 340 g/mol. The minimum atomic E-state index is 0.587. The van der Waals surface area contributed by atoms with Gasteiger partial charge in [0.1, 0.15) is 5.75 Å². The summed E-state index contributed by atoms with van der Waals surface area (Å²) in [5.74, 6) is 10.9. The van der Waals surface area contributed by atoms with Crippen molar-refractivity contribution in [2.24, 2.45) is 17.8 Å². The Morgan fingerprint density at radius 1 is 0.929 bits per heavy atom. The molecule has 1 aromatic carbocycles. The Morgan fingerprint density at radius 3 is 2.29 bits per heavy atom. The summed E-state index contributed by atoms with van der Waals surface area (Å²) in [5, 5.41) is 0. The number of rotatable bonds is 6. The van der Waals surface area contributed by atoms with Crippen LogP contribution in [-0.4, -0.2) is 6.61 Å². The van der Waals surface area contributed by atoms with E-state index in [9.17, 15) is 0 Å². The van der Waals surface area contributed by atoms with Crippen LogP contribution >= 0.6 is 0 Å². The van der Waals surface area contributed by atoms with E-state index in [1.54, 1.807) is 0 Å². The fourth-order valence-corrected chi connectivity index (χ4v) is 5.00. The molecule has 0 bridgehead atoms. The van der Waals surface area contributed by atoms with Crippen molar-refractivity contribution < 1.29 is 4.74 Å². The molecule has 1 heteroatoms. The molecule has 0 saturated heterocycles. The third kappa shape index (κ3) is 6.44. The number of benzene rings is 1. The standard InChI is InChI=1S/C27H38O/c1-3-7-22-10-12-23(13-11-22)8-5-6-9-24-14-16-25(17-15-24)26-18-20-27(21-19-26)28-4-2/h5,8,18-25H,3-4,7,10-17H2,1-2H3/b8-5+. The molecule has 0 aromatic heterocycles. The van der Waals surface area contributed by atoms with Crippen molar-refractivity contribution in [2.75, 3.05) is 6.61 Å². The minimum absolute atomic E-state index is 0.587. The number of hydrogen-bond donors (Lipinski definition) is 0. The van der Waals surface area contributed by atoms with Crippen molar-refractivity contribution in [3.05, 3.63) is 42.0 Å². The maximum absolute atomic E-state index is 5.56. The maximum atomic E-state index is 5.56. The number of allylic oxidation sites excluding steroid dienone is 2. The Bertz CT molecular complexity index is 644. The van der Waals surface area contributed by atoms with Crippen LogP contribution in [0.15, 0.2) is 36.4 Å². The predicted octanol–water partition coefficient (Wildman–Crippen LogP) is 7.53. The van der Waals surface area contributed by atoms with Gasteiger partial charge >= 0.3 is 0 Å². The van der Waals surface area contributed by atoms with E-state index in [2.05, 4.69) is 55.2 Å². The van der Waals surface area contributed by atoms with Crippen molar-refractivity contribution in [1.82, 2.24) is 0 Å². The molecular formula is C27H38O. The average molecular weight is 379 g/mol. The van der Waals surface area contributed by atoms with E-state index >= 15 is 0 Å². The molecule has 0 unspecified atom stereocenters. The lowest BCUT2D eigenvalue weighted by molar-refractivity contribution is 0.294. The first-order chi connectivity index (χ1) is 13.8. The van der Waals surface area contributed by atoms with Crippen LogP contribution in [0, 0.1) is 29.6 Å². The molecule has 0 atom stereocenters. The second-order valence-corrected chi connectivity index (χ2v) is 8.77. The van der Waals surface area contributed by atoms with Gasteiger partial charge in [-0.1, -0.05) is 49.8 Å². The van der Waals surface area contributed by atoms with Gasteiger partial charge < -0.3 is 4.74 Å². The second kappa shape index (κ2) is 11.4. The topological polar surface area (TPSA) is 9.23 Å². The van der Waals surface area contributed by atoms with E-state index in [1.807, 2.05) is 6.92 Å². The summed E-state index contributed by atoms with van der Waals surface area (Å²) in [4.78, 5) is 0. The van der Waals surface area contributed by atoms with Crippen LogP contribution < -0.4 is 4.74 Å². The first kappa shape index (κ1) is 21.0. The zero-order valence-corrected chi connectivity index (χ0v) is 18.0. The lowest BCUT2D eigenvalue weighted by atomic mass is 9.79. The molecule has 0 spiro atoms. The summed E-state index contributed by atoms with van der Waals surface area (Å²) in [6, 6.07) is 8.73. The van der Waals surface area contributed by atoms with Gasteiger partial charge in [-0.25, -0.2) is 0 Å². The van der Waals surface area contributed by atoms with Crippen LogP contribution in [0.25, 0.3) is 0 Å². The smallest absolute Gasteiger partial charge is 0.119 e. The molecule has 152 valence electrons. The normalized spacial score (nSPS) is 27.9.